The first kappa shape index (κ1) is 12.8. The number of ether oxygens (including phenoxy) is 1. The maximum atomic E-state index is 6.17. The summed E-state index contributed by atoms with van der Waals surface area (Å²) in [5.41, 5.74) is 1.87. The maximum absolute atomic E-state index is 6.17. The molecule has 1 aliphatic rings. The molecule has 1 aliphatic heterocycles. The summed E-state index contributed by atoms with van der Waals surface area (Å²) in [5.74, 6) is 0.623. The lowest BCUT2D eigenvalue weighted by Gasteiger charge is -2.16. The first-order chi connectivity index (χ1) is 8.65. The Balaban J connectivity index is 2.10. The molecule has 3 nitrogen and oxygen atoms in total. The molecule has 2 aromatic heterocycles. The van der Waals surface area contributed by atoms with Gasteiger partial charge in [0, 0.05) is 16.5 Å². The molecule has 0 saturated carbocycles. The second-order valence-electron chi connectivity index (χ2n) is 3.80. The van der Waals surface area contributed by atoms with E-state index in [0.717, 1.165) is 27.0 Å². The summed E-state index contributed by atoms with van der Waals surface area (Å²) in [7, 11) is 0. The largest absolute Gasteiger partial charge is 0.376 e. The van der Waals surface area contributed by atoms with Gasteiger partial charge in [-0.25, -0.2) is 9.97 Å². The first-order valence-electron chi connectivity index (χ1n) is 5.23. The fraction of sp³-hybridized carbons (Fsp3) is 0.273. The number of hydrogen-bond donors (Lipinski definition) is 0. The van der Waals surface area contributed by atoms with Crippen LogP contribution in [-0.2, 0) is 17.8 Å². The van der Waals surface area contributed by atoms with Crippen LogP contribution in [0.3, 0.4) is 0 Å². The number of halogens is 3. The van der Waals surface area contributed by atoms with E-state index < -0.39 is 0 Å². The van der Waals surface area contributed by atoms with Crippen molar-refractivity contribution in [3.05, 3.63) is 31.3 Å². The monoisotopic (exact) mass is 364 g/mol. The van der Waals surface area contributed by atoms with E-state index in [1.807, 2.05) is 6.07 Å². The molecular formula is C11H7BrCl2N2OS. The minimum Gasteiger partial charge on any atom is -0.376 e. The van der Waals surface area contributed by atoms with Crippen LogP contribution in [0.15, 0.2) is 10.5 Å². The van der Waals surface area contributed by atoms with Crippen molar-refractivity contribution in [1.82, 2.24) is 9.97 Å². The Hall–Kier alpha value is -0.200. The van der Waals surface area contributed by atoms with Crippen molar-refractivity contribution >= 4 is 50.5 Å². The van der Waals surface area contributed by atoms with Gasteiger partial charge in [0.05, 0.1) is 23.8 Å². The van der Waals surface area contributed by atoms with Gasteiger partial charge in [-0.15, -0.1) is 11.3 Å². The summed E-state index contributed by atoms with van der Waals surface area (Å²) >= 11 is 17.0. The van der Waals surface area contributed by atoms with Crippen molar-refractivity contribution in [3.63, 3.8) is 0 Å². The van der Waals surface area contributed by atoms with Gasteiger partial charge < -0.3 is 4.74 Å². The first-order valence-corrected chi connectivity index (χ1v) is 7.60. The van der Waals surface area contributed by atoms with E-state index in [4.69, 9.17) is 27.9 Å². The Labute approximate surface area is 126 Å². The van der Waals surface area contributed by atoms with Crippen molar-refractivity contribution < 1.29 is 4.74 Å². The zero-order valence-electron chi connectivity index (χ0n) is 9.04. The molecule has 7 heteroatoms. The predicted molar refractivity (Wildman–Crippen MR) is 76.4 cm³/mol. The molecule has 0 spiro atoms. The summed E-state index contributed by atoms with van der Waals surface area (Å²) in [6.45, 7) is 1.16. The number of aromatic nitrogens is 2. The molecule has 0 aliphatic carbocycles. The Morgan fingerprint density at radius 1 is 1.33 bits per heavy atom. The Morgan fingerprint density at radius 3 is 2.89 bits per heavy atom. The second-order valence-corrected chi connectivity index (χ2v) is 6.66. The average Bonchev–Trinajstić information content (AvgIpc) is 2.70. The normalized spacial score (nSPS) is 14.6. The van der Waals surface area contributed by atoms with Crippen LogP contribution in [0.5, 0.6) is 0 Å². The van der Waals surface area contributed by atoms with Gasteiger partial charge >= 0.3 is 0 Å². The van der Waals surface area contributed by atoms with E-state index in [2.05, 4.69) is 25.9 Å². The third-order valence-electron chi connectivity index (χ3n) is 2.64. The minimum absolute atomic E-state index is 0.468. The van der Waals surface area contributed by atoms with Crippen LogP contribution in [0, 0.1) is 0 Å². The van der Waals surface area contributed by atoms with E-state index in [-0.39, 0.29) is 0 Å². The van der Waals surface area contributed by atoms with E-state index in [1.54, 1.807) is 0 Å². The van der Waals surface area contributed by atoms with Crippen LogP contribution in [0.25, 0.3) is 10.7 Å². The van der Waals surface area contributed by atoms with E-state index in [0.29, 0.717) is 28.5 Å². The number of fused-ring (bicyclic) bond motifs is 1. The summed E-state index contributed by atoms with van der Waals surface area (Å²) in [6.07, 6.45) is 0.769. The van der Waals surface area contributed by atoms with Crippen LogP contribution in [-0.4, -0.2) is 16.6 Å². The van der Waals surface area contributed by atoms with E-state index >= 15 is 0 Å². The fourth-order valence-corrected chi connectivity index (χ4v) is 3.64. The molecule has 0 saturated heterocycles. The number of thiophene rings is 1. The molecule has 0 fully saturated rings. The summed E-state index contributed by atoms with van der Waals surface area (Å²) in [6, 6.07) is 1.91. The van der Waals surface area contributed by atoms with Gasteiger partial charge in [0.2, 0.25) is 0 Å². The fourth-order valence-electron chi connectivity index (χ4n) is 1.76. The van der Waals surface area contributed by atoms with Gasteiger partial charge in [-0.2, -0.15) is 0 Å². The zero-order valence-corrected chi connectivity index (χ0v) is 13.0. The summed E-state index contributed by atoms with van der Waals surface area (Å²) < 4.78 is 6.89. The highest BCUT2D eigenvalue weighted by Crippen LogP contribution is 2.37. The van der Waals surface area contributed by atoms with Gasteiger partial charge in [-0.3, -0.25) is 0 Å². The topological polar surface area (TPSA) is 35.0 Å². The lowest BCUT2D eigenvalue weighted by molar-refractivity contribution is 0.109. The lowest BCUT2D eigenvalue weighted by Crippen LogP contribution is -2.13. The van der Waals surface area contributed by atoms with E-state index in [9.17, 15) is 0 Å². The van der Waals surface area contributed by atoms with Gasteiger partial charge in [0.15, 0.2) is 5.82 Å². The quantitative estimate of drug-likeness (QED) is 0.704. The highest BCUT2D eigenvalue weighted by Gasteiger charge is 2.19. The lowest BCUT2D eigenvalue weighted by atomic mass is 10.1. The highest BCUT2D eigenvalue weighted by atomic mass is 79.9. The Bertz CT molecular complexity index is 598. The summed E-state index contributed by atoms with van der Waals surface area (Å²) in [4.78, 5) is 9.78. The smallest absolute Gasteiger partial charge is 0.171 e. The van der Waals surface area contributed by atoms with Crippen LogP contribution in [0.1, 0.15) is 11.3 Å². The molecular weight excluding hydrogens is 359 g/mol. The summed E-state index contributed by atoms with van der Waals surface area (Å²) in [5, 5.41) is 0.468. The molecule has 0 aromatic carbocycles. The van der Waals surface area contributed by atoms with Crippen molar-refractivity contribution in [3.8, 4) is 10.7 Å². The standard InChI is InChI=1S/C11H7BrCl2N2OS/c12-6-3-8(18-10(6)14)11-15-7-1-2-17-4-5(7)9(13)16-11/h3H,1-2,4H2. The molecule has 3 rings (SSSR count). The molecule has 18 heavy (non-hydrogen) atoms. The third kappa shape index (κ3) is 2.30. The predicted octanol–water partition coefficient (Wildman–Crippen LogP) is 4.35. The van der Waals surface area contributed by atoms with Crippen LogP contribution >= 0.6 is 50.5 Å². The van der Waals surface area contributed by atoms with Gasteiger partial charge in [-0.1, -0.05) is 23.2 Å². The van der Waals surface area contributed by atoms with Crippen molar-refractivity contribution in [2.75, 3.05) is 6.61 Å². The average molecular weight is 366 g/mol. The molecule has 0 amide bonds. The van der Waals surface area contributed by atoms with Gasteiger partial charge in [-0.05, 0) is 22.0 Å². The van der Waals surface area contributed by atoms with Crippen molar-refractivity contribution in [2.24, 2.45) is 0 Å². The molecule has 0 unspecified atom stereocenters. The molecule has 94 valence electrons. The zero-order chi connectivity index (χ0) is 12.7. The second kappa shape index (κ2) is 5.06. The Morgan fingerprint density at radius 2 is 2.17 bits per heavy atom. The SMILES string of the molecule is Clc1nc(-c2cc(Br)c(Cl)s2)nc2c1COCC2. The van der Waals surface area contributed by atoms with Gasteiger partial charge in [0.25, 0.3) is 0 Å². The van der Waals surface area contributed by atoms with Crippen LogP contribution < -0.4 is 0 Å². The highest BCUT2D eigenvalue weighted by molar-refractivity contribution is 9.10. The molecule has 0 atom stereocenters. The van der Waals surface area contributed by atoms with Gasteiger partial charge in [0.1, 0.15) is 9.49 Å². The van der Waals surface area contributed by atoms with Crippen molar-refractivity contribution in [1.29, 1.82) is 0 Å². The molecule has 0 radical (unpaired) electrons. The Kier molecular flexibility index (Phi) is 3.60. The van der Waals surface area contributed by atoms with E-state index in [1.165, 1.54) is 11.3 Å². The molecule has 3 heterocycles. The third-order valence-corrected chi connectivity index (χ3v) is 5.42. The number of nitrogens with zero attached hydrogens (tertiary/aromatic N) is 2. The molecule has 0 bridgehead atoms. The number of hydrogen-bond acceptors (Lipinski definition) is 4. The minimum atomic E-state index is 0.468. The molecule has 2 aromatic rings. The maximum Gasteiger partial charge on any atom is 0.171 e. The van der Waals surface area contributed by atoms with Crippen molar-refractivity contribution in [2.45, 2.75) is 13.0 Å². The molecule has 0 N–H and O–H groups in total. The van der Waals surface area contributed by atoms with Crippen LogP contribution in [0.2, 0.25) is 9.49 Å². The number of rotatable bonds is 1. The van der Waals surface area contributed by atoms with Crippen LogP contribution in [0.4, 0.5) is 0 Å².